The molecule has 0 saturated carbocycles. The lowest BCUT2D eigenvalue weighted by atomic mass is 9.84. The second-order valence-corrected chi connectivity index (χ2v) is 13.2. The number of carboxylic acids is 1. The number of nitrogens with two attached hydrogens (primary N) is 2. The van der Waals surface area contributed by atoms with E-state index < -0.39 is 58.2 Å². The van der Waals surface area contributed by atoms with Gasteiger partial charge in [-0.25, -0.2) is 18.2 Å². The number of oxime groups is 1. The maximum atomic E-state index is 13.2. The molecular weight excluding hydrogens is 686 g/mol. The first kappa shape index (κ1) is 37.2. The van der Waals surface area contributed by atoms with E-state index in [1.54, 1.807) is 12.1 Å². The second-order valence-electron chi connectivity index (χ2n) is 11.3. The fourth-order valence-electron chi connectivity index (χ4n) is 4.72. The van der Waals surface area contributed by atoms with Crippen LogP contribution in [0.2, 0.25) is 0 Å². The molecule has 2 atom stereocenters. The summed E-state index contributed by atoms with van der Waals surface area (Å²) in [7, 11) is -3.32. The number of carbonyl (C=O) groups is 3. The average Bonchev–Trinajstić information content (AvgIpc) is 3.64. The summed E-state index contributed by atoms with van der Waals surface area (Å²) in [5.74, 6) is -3.17. The summed E-state index contributed by atoms with van der Waals surface area (Å²) in [5, 5.41) is 20.8. The number of ether oxygens (including phenoxy) is 1. The number of carboxylic acid groups (broad SMARTS) is 1. The van der Waals surface area contributed by atoms with Crippen molar-refractivity contribution in [2.45, 2.75) is 44.5 Å². The number of aliphatic carboxylic acids is 1. The molecule has 3 heterocycles. The molecule has 49 heavy (non-hydrogen) atoms. The van der Waals surface area contributed by atoms with Crippen LogP contribution in [-0.2, 0) is 47.5 Å². The Hall–Kier alpha value is -4.67. The minimum absolute atomic E-state index is 0.0540. The van der Waals surface area contributed by atoms with E-state index in [0.717, 1.165) is 48.5 Å². The first-order valence-corrected chi connectivity index (χ1v) is 17.0. The van der Waals surface area contributed by atoms with Gasteiger partial charge in [-0.3, -0.25) is 9.59 Å². The van der Waals surface area contributed by atoms with Crippen LogP contribution in [0.3, 0.4) is 0 Å². The van der Waals surface area contributed by atoms with Crippen LogP contribution in [0.25, 0.3) is 11.1 Å². The molecule has 3 aromatic rings. The van der Waals surface area contributed by atoms with Gasteiger partial charge in [0.2, 0.25) is 16.6 Å². The van der Waals surface area contributed by atoms with Gasteiger partial charge >= 0.3 is 5.97 Å². The predicted molar refractivity (Wildman–Crippen MR) is 172 cm³/mol. The maximum Gasteiger partial charge on any atom is 0.351 e. The summed E-state index contributed by atoms with van der Waals surface area (Å²) in [5.41, 5.74) is 11.0. The molecule has 1 unspecified atom stereocenters. The first-order valence-electron chi connectivity index (χ1n) is 14.8. The number of nitrogens with one attached hydrogen (secondary N) is 2. The number of hydrogen-bond donors (Lipinski definition) is 5. The molecule has 2 amide bonds. The van der Waals surface area contributed by atoms with Crippen molar-refractivity contribution in [1.29, 1.82) is 0 Å². The summed E-state index contributed by atoms with van der Waals surface area (Å²) in [4.78, 5) is 46.9. The van der Waals surface area contributed by atoms with Crippen LogP contribution in [0.4, 0.5) is 5.13 Å². The van der Waals surface area contributed by atoms with Gasteiger partial charge in [-0.05, 0) is 44.5 Å². The number of amides is 2. The number of thiazole rings is 1. The van der Waals surface area contributed by atoms with E-state index in [9.17, 15) is 32.5 Å². The highest BCUT2D eigenvalue weighted by Gasteiger charge is 2.57. The van der Waals surface area contributed by atoms with Crippen LogP contribution < -0.4 is 31.5 Å². The number of anilines is 1. The van der Waals surface area contributed by atoms with Crippen molar-refractivity contribution in [2.75, 3.05) is 32.0 Å². The van der Waals surface area contributed by atoms with Crippen molar-refractivity contribution >= 4 is 50.4 Å². The molecule has 1 aliphatic rings. The molecule has 21 heteroatoms. The maximum absolute atomic E-state index is 13.2. The van der Waals surface area contributed by atoms with Gasteiger partial charge in [0.25, 0.3) is 17.9 Å². The number of nitrogens with zero attached hydrogens (tertiary/aromatic N) is 5. The Bertz CT molecular complexity index is 1790. The van der Waals surface area contributed by atoms with Crippen molar-refractivity contribution in [1.82, 2.24) is 25.4 Å². The van der Waals surface area contributed by atoms with Gasteiger partial charge in [0.1, 0.15) is 24.1 Å². The topological polar surface area (TPSA) is 270 Å². The van der Waals surface area contributed by atoms with Crippen molar-refractivity contribution in [3.63, 3.8) is 0 Å². The van der Waals surface area contributed by atoms with Gasteiger partial charge < -0.3 is 41.3 Å². The van der Waals surface area contributed by atoms with Crippen LogP contribution in [0.1, 0.15) is 26.0 Å². The SMILES string of the molecule is C[n+]1cc(-c2ccc(OCC(O/N=C(/C(=O)N[C@@H]3C(=O)N(OS(=O)(=O)[O-])C3(C)C)c3csc(N)n3)C(=O)O)cc2)cn1CCCNCCN. The molecule has 1 aliphatic heterocycles. The zero-order chi connectivity index (χ0) is 35.9. The van der Waals surface area contributed by atoms with E-state index in [-0.39, 0.29) is 10.8 Å². The number of nitrogen functional groups attached to an aromatic ring is 1. The number of benzene rings is 1. The average molecular weight is 724 g/mol. The molecule has 0 bridgehead atoms. The Morgan fingerprint density at radius 3 is 2.55 bits per heavy atom. The highest BCUT2D eigenvalue weighted by atomic mass is 32.3. The van der Waals surface area contributed by atoms with Crippen LogP contribution >= 0.6 is 11.3 Å². The van der Waals surface area contributed by atoms with Gasteiger partial charge in [0.05, 0.1) is 23.8 Å². The second kappa shape index (κ2) is 15.7. The van der Waals surface area contributed by atoms with Crippen LogP contribution in [0, 0.1) is 0 Å². The highest BCUT2D eigenvalue weighted by molar-refractivity contribution is 7.80. The Morgan fingerprint density at radius 1 is 1.24 bits per heavy atom. The predicted octanol–water partition coefficient (Wildman–Crippen LogP) is -1.29. The molecule has 0 aliphatic carbocycles. The number of aromatic nitrogens is 3. The quantitative estimate of drug-likeness (QED) is 0.0194. The normalized spacial score (nSPS) is 16.6. The van der Waals surface area contributed by atoms with E-state index in [1.807, 2.05) is 36.3 Å². The Morgan fingerprint density at radius 2 is 1.96 bits per heavy atom. The van der Waals surface area contributed by atoms with Gasteiger partial charge in [-0.15, -0.1) is 16.0 Å². The van der Waals surface area contributed by atoms with E-state index in [0.29, 0.717) is 17.4 Å². The standard InChI is InChI=1S/C28H37N9O10S2/c1-28(2)23(25(39)37(28)47-49(42,43)44)33-24(38)22(20-16-48-27(30)32-20)34-46-21(26(40)41)15-45-19-7-5-17(6-8-19)18-13-35(3)36(14-18)12-4-10-31-11-9-29/h5-8,13-14,16,21,23,31H,4,9-12,15,29H2,1-3H3,(H4-,30,32,33,38,40,41,42,43,44)/b34-22+/t21?,23-/m1/s1. The fraction of sp³-hybridized carbons (Fsp3) is 0.429. The summed E-state index contributed by atoms with van der Waals surface area (Å²) in [6.45, 7) is 5.20. The zero-order valence-corrected chi connectivity index (χ0v) is 28.4. The highest BCUT2D eigenvalue weighted by Crippen LogP contribution is 2.33. The summed E-state index contributed by atoms with van der Waals surface area (Å²) in [6, 6.07) is 5.64. The lowest BCUT2D eigenvalue weighted by molar-refractivity contribution is -0.753. The number of rotatable bonds is 18. The van der Waals surface area contributed by atoms with Crippen LogP contribution in [-0.4, -0.2) is 100 Å². The third-order valence-electron chi connectivity index (χ3n) is 7.31. The molecule has 0 radical (unpaired) electrons. The number of carbonyl (C=O) groups excluding carboxylic acids is 2. The van der Waals surface area contributed by atoms with Crippen molar-refractivity contribution in [3.05, 3.63) is 47.7 Å². The van der Waals surface area contributed by atoms with E-state index in [4.69, 9.17) is 21.0 Å². The minimum atomic E-state index is -5.27. The Labute approximate surface area is 285 Å². The molecule has 1 fully saturated rings. The van der Waals surface area contributed by atoms with Gasteiger partial charge in [-0.2, -0.15) is 14.0 Å². The third kappa shape index (κ3) is 9.49. The number of aryl methyl sites for hydroxylation is 2. The molecule has 1 saturated heterocycles. The number of hydrogen-bond acceptors (Lipinski definition) is 15. The van der Waals surface area contributed by atoms with E-state index in [1.165, 1.54) is 19.2 Å². The third-order valence-corrected chi connectivity index (χ3v) is 8.32. The molecular formula is C28H37N9O10S2. The van der Waals surface area contributed by atoms with Gasteiger partial charge in [0.15, 0.2) is 17.9 Å². The number of β-lactam (4-membered cyclic amide) rings is 1. The molecule has 1 aromatic carbocycles. The van der Waals surface area contributed by atoms with Crippen molar-refractivity contribution < 1.29 is 51.0 Å². The molecule has 2 aromatic heterocycles. The fourth-order valence-corrected chi connectivity index (χ4v) is 5.72. The summed E-state index contributed by atoms with van der Waals surface area (Å²) >= 11 is 0.955. The molecule has 0 spiro atoms. The monoisotopic (exact) mass is 723 g/mol. The smallest absolute Gasteiger partial charge is 0.351 e. The van der Waals surface area contributed by atoms with Crippen molar-refractivity contribution in [3.8, 4) is 16.9 Å². The summed E-state index contributed by atoms with van der Waals surface area (Å²) < 4.78 is 46.9. The lowest BCUT2D eigenvalue weighted by Crippen LogP contribution is -2.76. The van der Waals surface area contributed by atoms with Gasteiger partial charge in [-0.1, -0.05) is 17.3 Å². The Kier molecular flexibility index (Phi) is 11.9. The minimum Gasteiger partial charge on any atom is -0.724 e. The molecule has 19 nitrogen and oxygen atoms in total. The largest absolute Gasteiger partial charge is 0.724 e. The van der Waals surface area contributed by atoms with Gasteiger partial charge in [0, 0.05) is 18.5 Å². The molecule has 4 rings (SSSR count). The molecule has 266 valence electrons. The van der Waals surface area contributed by atoms with Crippen molar-refractivity contribution in [2.24, 2.45) is 17.9 Å². The number of hydroxylamine groups is 2. The van der Waals surface area contributed by atoms with E-state index >= 15 is 0 Å². The summed E-state index contributed by atoms with van der Waals surface area (Å²) in [6.07, 6.45) is 3.26. The molecule has 7 N–H and O–H groups in total. The zero-order valence-electron chi connectivity index (χ0n) is 26.8. The van der Waals surface area contributed by atoms with Crippen LogP contribution in [0.15, 0.2) is 47.2 Å². The lowest BCUT2D eigenvalue weighted by Gasteiger charge is -2.51. The van der Waals surface area contributed by atoms with Crippen LogP contribution in [0.5, 0.6) is 5.75 Å². The Balaban J connectivity index is 1.40. The first-order chi connectivity index (χ1) is 23.1. The van der Waals surface area contributed by atoms with E-state index in [2.05, 4.69) is 29.7 Å².